The van der Waals surface area contributed by atoms with Crippen molar-refractivity contribution in [2.75, 3.05) is 20.2 Å². The minimum Gasteiger partial charge on any atom is -0.497 e. The topological polar surface area (TPSA) is 41.6 Å². The molecule has 1 aliphatic rings. The number of benzene rings is 2. The first kappa shape index (κ1) is 23.6. The van der Waals surface area contributed by atoms with E-state index in [4.69, 9.17) is 16.3 Å². The number of halogens is 2. The molecule has 0 radical (unpaired) electrons. The van der Waals surface area contributed by atoms with Gasteiger partial charge in [0.05, 0.1) is 13.2 Å². The van der Waals surface area contributed by atoms with Crippen molar-refractivity contribution in [2.24, 2.45) is 11.8 Å². The van der Waals surface area contributed by atoms with Gasteiger partial charge in [-0.25, -0.2) is 4.39 Å². The van der Waals surface area contributed by atoms with Crippen LogP contribution >= 0.6 is 11.6 Å². The van der Waals surface area contributed by atoms with E-state index >= 15 is 0 Å². The van der Waals surface area contributed by atoms with Gasteiger partial charge in [-0.05, 0) is 68.1 Å². The van der Waals surface area contributed by atoms with E-state index in [0.717, 1.165) is 43.7 Å². The van der Waals surface area contributed by atoms with Gasteiger partial charge in [0.1, 0.15) is 11.6 Å². The molecule has 1 aliphatic heterocycles. The molecule has 0 aliphatic carbocycles. The highest BCUT2D eigenvalue weighted by molar-refractivity contribution is 6.30. The summed E-state index contributed by atoms with van der Waals surface area (Å²) >= 11 is 5.84. The summed E-state index contributed by atoms with van der Waals surface area (Å²) in [5.74, 6) is 1.09. The summed E-state index contributed by atoms with van der Waals surface area (Å²) in [6.07, 6.45) is 2.43. The molecule has 1 atom stereocenters. The highest BCUT2D eigenvalue weighted by Crippen LogP contribution is 2.26. The molecular weight excluding hydrogens is 415 g/mol. The van der Waals surface area contributed by atoms with Crippen LogP contribution in [0.25, 0.3) is 0 Å². The highest BCUT2D eigenvalue weighted by Gasteiger charge is 2.27. The van der Waals surface area contributed by atoms with Crippen molar-refractivity contribution < 1.29 is 13.9 Å². The van der Waals surface area contributed by atoms with E-state index in [2.05, 4.69) is 24.1 Å². The van der Waals surface area contributed by atoms with Crippen LogP contribution in [0.3, 0.4) is 0 Å². The lowest BCUT2D eigenvalue weighted by Crippen LogP contribution is -2.41. The van der Waals surface area contributed by atoms with E-state index in [1.807, 2.05) is 24.3 Å². The number of hydrogen-bond donors (Lipinski definition) is 1. The summed E-state index contributed by atoms with van der Waals surface area (Å²) in [5, 5.41) is 3.69. The average molecular weight is 447 g/mol. The molecule has 3 rings (SSSR count). The normalized spacial score (nSPS) is 16.3. The monoisotopic (exact) mass is 446 g/mol. The maximum absolute atomic E-state index is 14.1. The molecule has 1 amide bonds. The van der Waals surface area contributed by atoms with Gasteiger partial charge >= 0.3 is 0 Å². The third-order valence-corrected chi connectivity index (χ3v) is 6.14. The van der Waals surface area contributed by atoms with E-state index in [-0.39, 0.29) is 23.7 Å². The Morgan fingerprint density at radius 2 is 1.87 bits per heavy atom. The van der Waals surface area contributed by atoms with Gasteiger partial charge < -0.3 is 10.1 Å². The van der Waals surface area contributed by atoms with Crippen LogP contribution in [0.15, 0.2) is 42.5 Å². The molecule has 1 N–H and O–H groups in total. The molecule has 2 aromatic rings. The summed E-state index contributed by atoms with van der Waals surface area (Å²) in [6.45, 7) is 6.42. The molecule has 31 heavy (non-hydrogen) atoms. The van der Waals surface area contributed by atoms with E-state index in [1.165, 1.54) is 6.07 Å². The van der Waals surface area contributed by atoms with Gasteiger partial charge in [0.15, 0.2) is 0 Å². The second kappa shape index (κ2) is 11.0. The van der Waals surface area contributed by atoms with Crippen LogP contribution in [-0.4, -0.2) is 31.0 Å². The molecule has 0 bridgehead atoms. The Labute approximate surface area is 189 Å². The molecule has 1 heterocycles. The third kappa shape index (κ3) is 6.68. The number of hydrogen-bond acceptors (Lipinski definition) is 3. The number of rotatable bonds is 8. The summed E-state index contributed by atoms with van der Waals surface area (Å²) in [4.78, 5) is 15.2. The quantitative estimate of drug-likeness (QED) is 0.573. The first-order valence-corrected chi connectivity index (χ1v) is 11.3. The van der Waals surface area contributed by atoms with Gasteiger partial charge in [0.2, 0.25) is 5.91 Å². The molecule has 6 heteroatoms. The summed E-state index contributed by atoms with van der Waals surface area (Å²) in [5.41, 5.74) is 1.74. The zero-order valence-electron chi connectivity index (χ0n) is 18.5. The zero-order chi connectivity index (χ0) is 22.4. The summed E-state index contributed by atoms with van der Waals surface area (Å²) in [7, 11) is 1.65. The molecule has 4 nitrogen and oxygen atoms in total. The maximum Gasteiger partial charge on any atom is 0.223 e. The van der Waals surface area contributed by atoms with Gasteiger partial charge in [-0.1, -0.05) is 43.6 Å². The molecule has 2 aromatic carbocycles. The number of nitrogens with zero attached hydrogens (tertiary/aromatic N) is 1. The number of ether oxygens (including phenoxy) is 1. The van der Waals surface area contributed by atoms with Crippen molar-refractivity contribution in [1.82, 2.24) is 10.2 Å². The second-order valence-corrected chi connectivity index (χ2v) is 9.19. The molecule has 0 spiro atoms. The van der Waals surface area contributed by atoms with Crippen LogP contribution in [0.4, 0.5) is 4.39 Å². The van der Waals surface area contributed by atoms with Crippen molar-refractivity contribution in [2.45, 2.75) is 45.7 Å². The molecular formula is C25H32ClFN2O2. The lowest BCUT2D eigenvalue weighted by molar-refractivity contribution is -0.127. The maximum atomic E-state index is 14.1. The van der Waals surface area contributed by atoms with Crippen molar-refractivity contribution >= 4 is 17.5 Å². The van der Waals surface area contributed by atoms with Crippen LogP contribution in [0.5, 0.6) is 5.75 Å². The Morgan fingerprint density at radius 1 is 1.19 bits per heavy atom. The molecule has 0 aromatic heterocycles. The van der Waals surface area contributed by atoms with Gasteiger partial charge in [-0.15, -0.1) is 0 Å². The van der Waals surface area contributed by atoms with Crippen LogP contribution < -0.4 is 10.1 Å². The van der Waals surface area contributed by atoms with Crippen LogP contribution in [-0.2, 0) is 11.3 Å². The van der Waals surface area contributed by atoms with Crippen LogP contribution in [0.1, 0.15) is 50.3 Å². The minimum absolute atomic E-state index is 0.0143. The van der Waals surface area contributed by atoms with Gasteiger partial charge in [-0.2, -0.15) is 0 Å². The van der Waals surface area contributed by atoms with E-state index < -0.39 is 0 Å². The number of likely N-dealkylation sites (tertiary alicyclic amines) is 1. The molecule has 168 valence electrons. The average Bonchev–Trinajstić information content (AvgIpc) is 2.75. The first-order valence-electron chi connectivity index (χ1n) is 11.0. The predicted octanol–water partition coefficient (Wildman–Crippen LogP) is 5.60. The molecule has 1 unspecified atom stereocenters. The fraction of sp³-hybridized carbons (Fsp3) is 0.480. The fourth-order valence-corrected chi connectivity index (χ4v) is 4.28. The Kier molecular flexibility index (Phi) is 8.33. The predicted molar refractivity (Wildman–Crippen MR) is 123 cm³/mol. The van der Waals surface area contributed by atoms with Crippen LogP contribution in [0.2, 0.25) is 5.02 Å². The Morgan fingerprint density at radius 3 is 2.45 bits per heavy atom. The van der Waals surface area contributed by atoms with E-state index in [1.54, 1.807) is 19.2 Å². The van der Waals surface area contributed by atoms with Crippen molar-refractivity contribution in [3.63, 3.8) is 0 Å². The Balaban J connectivity index is 1.56. The SMILES string of the molecule is COc1ccc(C(CC(C)C)NC(=O)C2CCN(Cc3ccc(Cl)cc3F)CC2)cc1. The van der Waals surface area contributed by atoms with Crippen LogP contribution in [0, 0.1) is 17.7 Å². The van der Waals surface area contributed by atoms with Crippen molar-refractivity contribution in [3.05, 3.63) is 64.4 Å². The van der Waals surface area contributed by atoms with Gasteiger partial charge in [-0.3, -0.25) is 9.69 Å². The third-order valence-electron chi connectivity index (χ3n) is 5.91. The Hall–Kier alpha value is -2.11. The standard InChI is InChI=1S/C25H32ClFN2O2/c1-17(2)14-24(18-5-8-22(31-3)9-6-18)28-25(30)19-10-12-29(13-11-19)16-20-4-7-21(26)15-23(20)27/h4-9,15,17,19,24H,10-14,16H2,1-3H3,(H,28,30). The minimum atomic E-state index is -0.275. The largest absolute Gasteiger partial charge is 0.497 e. The second-order valence-electron chi connectivity index (χ2n) is 8.75. The lowest BCUT2D eigenvalue weighted by atomic mass is 9.92. The van der Waals surface area contributed by atoms with Crippen molar-refractivity contribution in [3.8, 4) is 5.75 Å². The van der Waals surface area contributed by atoms with Crippen molar-refractivity contribution in [1.29, 1.82) is 0 Å². The number of nitrogens with one attached hydrogen (secondary N) is 1. The molecule has 1 saturated heterocycles. The number of carbonyl (C=O) groups is 1. The summed E-state index contributed by atoms with van der Waals surface area (Å²) in [6, 6.07) is 12.7. The van der Waals surface area contributed by atoms with E-state index in [0.29, 0.717) is 23.0 Å². The number of methoxy groups -OCH3 is 1. The smallest absolute Gasteiger partial charge is 0.223 e. The summed E-state index contributed by atoms with van der Waals surface area (Å²) < 4.78 is 19.3. The number of carbonyl (C=O) groups excluding carboxylic acids is 1. The number of amides is 1. The van der Waals surface area contributed by atoms with Gasteiger partial charge in [0, 0.05) is 23.0 Å². The molecule has 1 fully saturated rings. The lowest BCUT2D eigenvalue weighted by Gasteiger charge is -2.32. The zero-order valence-corrected chi connectivity index (χ0v) is 19.3. The first-order chi connectivity index (χ1) is 14.9. The Bertz CT molecular complexity index is 864. The molecule has 0 saturated carbocycles. The highest BCUT2D eigenvalue weighted by atomic mass is 35.5. The van der Waals surface area contributed by atoms with E-state index in [9.17, 15) is 9.18 Å². The van der Waals surface area contributed by atoms with Gasteiger partial charge in [0.25, 0.3) is 0 Å². The number of piperidine rings is 1. The fourth-order valence-electron chi connectivity index (χ4n) is 4.12.